The van der Waals surface area contributed by atoms with Crippen molar-refractivity contribution in [1.29, 1.82) is 0 Å². The van der Waals surface area contributed by atoms with Crippen molar-refractivity contribution in [3.63, 3.8) is 0 Å². The van der Waals surface area contributed by atoms with Gasteiger partial charge in [-0.3, -0.25) is 0 Å². The van der Waals surface area contributed by atoms with Crippen molar-refractivity contribution >= 4 is 15.7 Å². The van der Waals surface area contributed by atoms with Crippen LogP contribution in [0.25, 0.3) is 0 Å². The van der Waals surface area contributed by atoms with E-state index in [0.29, 0.717) is 12.3 Å². The molecule has 2 aromatic carbocycles. The van der Waals surface area contributed by atoms with Gasteiger partial charge in [0.1, 0.15) is 10.6 Å². The summed E-state index contributed by atoms with van der Waals surface area (Å²) >= 11 is 0. The molecule has 0 spiro atoms. The van der Waals surface area contributed by atoms with Crippen LogP contribution in [0.4, 0.5) is 5.69 Å². The second-order valence-corrected chi connectivity index (χ2v) is 7.05. The van der Waals surface area contributed by atoms with E-state index < -0.39 is 10.0 Å². The minimum absolute atomic E-state index is 0.169. The normalized spacial score (nSPS) is 11.2. The lowest BCUT2D eigenvalue weighted by atomic mass is 10.2. The van der Waals surface area contributed by atoms with Crippen LogP contribution < -0.4 is 14.4 Å². The number of anilines is 1. The number of para-hydroxylation sites is 2. The highest BCUT2D eigenvalue weighted by atomic mass is 32.2. The number of hydrogen-bond donors (Lipinski definition) is 1. The molecule has 0 aliphatic rings. The summed E-state index contributed by atoms with van der Waals surface area (Å²) in [5.41, 5.74) is 1.15. The van der Waals surface area contributed by atoms with Gasteiger partial charge in [-0.15, -0.1) is 0 Å². The van der Waals surface area contributed by atoms with E-state index in [1.54, 1.807) is 24.3 Å². The Morgan fingerprint density at radius 1 is 1.04 bits per heavy atom. The first-order chi connectivity index (χ1) is 11.6. The van der Waals surface area contributed by atoms with E-state index in [-0.39, 0.29) is 4.90 Å². The smallest absolute Gasteiger partial charge is 0.244 e. The third-order valence-electron chi connectivity index (χ3n) is 3.76. The second-order valence-electron chi connectivity index (χ2n) is 5.32. The van der Waals surface area contributed by atoms with E-state index in [1.165, 1.54) is 7.11 Å². The Kier molecular flexibility index (Phi) is 6.63. The van der Waals surface area contributed by atoms with E-state index in [2.05, 4.69) is 28.7 Å². The summed E-state index contributed by atoms with van der Waals surface area (Å²) in [5.74, 6) is 0.351. The summed E-state index contributed by atoms with van der Waals surface area (Å²) in [6.45, 7) is 4.13. The largest absolute Gasteiger partial charge is 0.495 e. The minimum Gasteiger partial charge on any atom is -0.495 e. The van der Waals surface area contributed by atoms with Crippen LogP contribution in [0.1, 0.15) is 13.3 Å². The van der Waals surface area contributed by atoms with Gasteiger partial charge in [0.25, 0.3) is 0 Å². The topological polar surface area (TPSA) is 58.6 Å². The first kappa shape index (κ1) is 18.3. The molecule has 0 heterocycles. The molecular weight excluding hydrogens is 324 g/mol. The highest BCUT2D eigenvalue weighted by molar-refractivity contribution is 7.89. The average molecular weight is 348 g/mol. The monoisotopic (exact) mass is 348 g/mol. The lowest BCUT2D eigenvalue weighted by molar-refractivity contribution is 0.402. The summed E-state index contributed by atoms with van der Waals surface area (Å²) in [6.07, 6.45) is 0.719. The fourth-order valence-corrected chi connectivity index (χ4v) is 3.75. The molecule has 2 aromatic rings. The number of sulfonamides is 1. The first-order valence-electron chi connectivity index (χ1n) is 8.01. The fourth-order valence-electron chi connectivity index (χ4n) is 2.50. The minimum atomic E-state index is -3.57. The predicted octanol–water partition coefficient (Wildman–Crippen LogP) is 2.89. The van der Waals surface area contributed by atoms with Gasteiger partial charge in [-0.05, 0) is 37.6 Å². The number of methoxy groups -OCH3 is 1. The van der Waals surface area contributed by atoms with Gasteiger partial charge in [0.15, 0.2) is 0 Å². The average Bonchev–Trinajstić information content (AvgIpc) is 2.62. The van der Waals surface area contributed by atoms with Gasteiger partial charge in [0, 0.05) is 25.3 Å². The molecule has 0 aliphatic carbocycles. The van der Waals surface area contributed by atoms with Crippen molar-refractivity contribution in [1.82, 2.24) is 4.72 Å². The predicted molar refractivity (Wildman–Crippen MR) is 97.1 cm³/mol. The van der Waals surface area contributed by atoms with Gasteiger partial charge in [0.2, 0.25) is 10.0 Å². The molecule has 130 valence electrons. The maximum atomic E-state index is 12.4. The molecule has 0 aromatic heterocycles. The van der Waals surface area contributed by atoms with Crippen LogP contribution in [0, 0.1) is 0 Å². The Hall–Kier alpha value is -2.05. The zero-order valence-corrected chi connectivity index (χ0v) is 14.9. The summed E-state index contributed by atoms with van der Waals surface area (Å²) in [5, 5.41) is 0. The SMILES string of the molecule is CCN(CCCNS(=O)(=O)c1ccccc1OC)c1ccccc1. The molecule has 24 heavy (non-hydrogen) atoms. The molecule has 2 rings (SSSR count). The van der Waals surface area contributed by atoms with Crippen molar-refractivity contribution in [2.75, 3.05) is 31.6 Å². The van der Waals surface area contributed by atoms with Gasteiger partial charge < -0.3 is 9.64 Å². The van der Waals surface area contributed by atoms with Crippen molar-refractivity contribution < 1.29 is 13.2 Å². The Labute approximate surface area is 144 Å². The van der Waals surface area contributed by atoms with Gasteiger partial charge in [-0.1, -0.05) is 30.3 Å². The second kappa shape index (κ2) is 8.70. The molecular formula is C18H24N2O3S. The van der Waals surface area contributed by atoms with Crippen molar-refractivity contribution in [3.8, 4) is 5.75 Å². The third-order valence-corrected chi connectivity index (χ3v) is 5.26. The molecule has 0 unspecified atom stereocenters. The Balaban J connectivity index is 1.91. The molecule has 0 radical (unpaired) electrons. The standard InChI is InChI=1S/C18H24N2O3S/c1-3-20(16-10-5-4-6-11-16)15-9-14-19-24(21,22)18-13-8-7-12-17(18)23-2/h4-8,10-13,19H,3,9,14-15H2,1-2H3. The number of nitrogens with one attached hydrogen (secondary N) is 1. The molecule has 6 heteroatoms. The zero-order valence-electron chi connectivity index (χ0n) is 14.1. The van der Waals surface area contributed by atoms with Gasteiger partial charge >= 0.3 is 0 Å². The molecule has 0 saturated carbocycles. The summed E-state index contributed by atoms with van der Waals surface area (Å²) < 4.78 is 32.6. The van der Waals surface area contributed by atoms with E-state index in [4.69, 9.17) is 4.74 Å². The number of ether oxygens (including phenoxy) is 1. The van der Waals surface area contributed by atoms with Crippen LogP contribution in [0.2, 0.25) is 0 Å². The van der Waals surface area contributed by atoms with Crippen molar-refractivity contribution in [3.05, 3.63) is 54.6 Å². The Morgan fingerprint density at radius 3 is 2.38 bits per heavy atom. The molecule has 1 N–H and O–H groups in total. The summed E-state index contributed by atoms with van der Waals surface area (Å²) in [6, 6.07) is 16.7. The summed E-state index contributed by atoms with van der Waals surface area (Å²) in [7, 11) is -2.10. The van der Waals surface area contributed by atoms with E-state index in [0.717, 1.165) is 25.2 Å². The number of hydrogen-bond acceptors (Lipinski definition) is 4. The highest BCUT2D eigenvalue weighted by Gasteiger charge is 2.18. The molecule has 0 atom stereocenters. The van der Waals surface area contributed by atoms with E-state index in [9.17, 15) is 8.42 Å². The van der Waals surface area contributed by atoms with E-state index >= 15 is 0 Å². The van der Waals surface area contributed by atoms with Crippen LogP contribution >= 0.6 is 0 Å². The lowest BCUT2D eigenvalue weighted by Gasteiger charge is -2.23. The van der Waals surface area contributed by atoms with Crippen molar-refractivity contribution in [2.45, 2.75) is 18.2 Å². The van der Waals surface area contributed by atoms with Gasteiger partial charge in [-0.2, -0.15) is 0 Å². The summed E-state index contributed by atoms with van der Waals surface area (Å²) in [4.78, 5) is 2.39. The number of rotatable bonds is 9. The van der Waals surface area contributed by atoms with Crippen molar-refractivity contribution in [2.24, 2.45) is 0 Å². The lowest BCUT2D eigenvalue weighted by Crippen LogP contribution is -2.30. The molecule has 5 nitrogen and oxygen atoms in total. The van der Waals surface area contributed by atoms with Crippen LogP contribution in [-0.2, 0) is 10.0 Å². The van der Waals surface area contributed by atoms with Crippen LogP contribution in [-0.4, -0.2) is 35.2 Å². The Morgan fingerprint density at radius 2 is 1.71 bits per heavy atom. The van der Waals surface area contributed by atoms with E-state index in [1.807, 2.05) is 18.2 Å². The van der Waals surface area contributed by atoms with Crippen LogP contribution in [0.5, 0.6) is 5.75 Å². The molecule has 0 fully saturated rings. The third kappa shape index (κ3) is 4.72. The van der Waals surface area contributed by atoms with Crippen LogP contribution in [0.15, 0.2) is 59.5 Å². The molecule has 0 saturated heterocycles. The molecule has 0 bridgehead atoms. The highest BCUT2D eigenvalue weighted by Crippen LogP contribution is 2.22. The maximum Gasteiger partial charge on any atom is 0.244 e. The fraction of sp³-hybridized carbons (Fsp3) is 0.333. The first-order valence-corrected chi connectivity index (χ1v) is 9.49. The Bertz CT molecular complexity index is 733. The zero-order chi connectivity index (χ0) is 17.4. The quantitative estimate of drug-likeness (QED) is 0.708. The van der Waals surface area contributed by atoms with Crippen LogP contribution in [0.3, 0.4) is 0 Å². The molecule has 0 amide bonds. The molecule has 0 aliphatic heterocycles. The van der Waals surface area contributed by atoms with Gasteiger partial charge in [-0.25, -0.2) is 13.1 Å². The number of benzene rings is 2. The van der Waals surface area contributed by atoms with Gasteiger partial charge in [0.05, 0.1) is 7.11 Å². The number of nitrogens with zero attached hydrogens (tertiary/aromatic N) is 1. The maximum absolute atomic E-state index is 12.4.